The lowest BCUT2D eigenvalue weighted by Gasteiger charge is -2.32. The molecule has 9 heteroatoms. The number of carbonyl (C=O) groups excluding carboxylic acids is 2. The van der Waals surface area contributed by atoms with Gasteiger partial charge < -0.3 is 24.6 Å². The van der Waals surface area contributed by atoms with Crippen molar-refractivity contribution in [1.82, 2.24) is 9.80 Å². The second kappa shape index (κ2) is 11.7. The minimum Gasteiger partial charge on any atom is -0.497 e. The fraction of sp³-hybridized carbons (Fsp3) is 0.444. The largest absolute Gasteiger partial charge is 0.497 e. The second-order valence-electron chi connectivity index (χ2n) is 9.37. The van der Waals surface area contributed by atoms with Crippen LogP contribution in [-0.4, -0.2) is 73.2 Å². The summed E-state index contributed by atoms with van der Waals surface area (Å²) in [5.41, 5.74) is 1.28. The molecule has 0 spiro atoms. The number of amides is 2. The van der Waals surface area contributed by atoms with Gasteiger partial charge in [0, 0.05) is 24.8 Å². The second-order valence-corrected chi connectivity index (χ2v) is 9.74. The third-order valence-corrected chi connectivity index (χ3v) is 7.33. The van der Waals surface area contributed by atoms with Crippen LogP contribution in [0.15, 0.2) is 48.5 Å². The van der Waals surface area contributed by atoms with Gasteiger partial charge in [-0.3, -0.25) is 14.5 Å². The van der Waals surface area contributed by atoms with E-state index < -0.39 is 6.04 Å². The maximum Gasteiger partial charge on any atom is 0.256 e. The van der Waals surface area contributed by atoms with Gasteiger partial charge >= 0.3 is 0 Å². The molecule has 0 radical (unpaired) electrons. The smallest absolute Gasteiger partial charge is 0.256 e. The molecular formula is C27H34N4O4S. The summed E-state index contributed by atoms with van der Waals surface area (Å²) in [4.78, 5) is 32.5. The number of methoxy groups -OCH3 is 2. The Kier molecular flexibility index (Phi) is 8.43. The van der Waals surface area contributed by atoms with Gasteiger partial charge in [0.25, 0.3) is 5.91 Å². The van der Waals surface area contributed by atoms with E-state index in [1.54, 1.807) is 44.6 Å². The molecule has 2 aliphatic rings. The zero-order chi connectivity index (χ0) is 25.7. The van der Waals surface area contributed by atoms with Crippen LogP contribution in [0.2, 0.25) is 0 Å². The highest BCUT2D eigenvalue weighted by atomic mass is 32.1. The Morgan fingerprint density at radius 1 is 1.03 bits per heavy atom. The van der Waals surface area contributed by atoms with Crippen molar-refractivity contribution in [3.8, 4) is 11.5 Å². The first-order valence-electron chi connectivity index (χ1n) is 12.3. The molecule has 2 amide bonds. The molecular weight excluding hydrogens is 476 g/mol. The summed E-state index contributed by atoms with van der Waals surface area (Å²) >= 11 is 5.80. The van der Waals surface area contributed by atoms with Crippen LogP contribution in [-0.2, 0) is 9.59 Å². The first-order chi connectivity index (χ1) is 17.4. The van der Waals surface area contributed by atoms with Gasteiger partial charge in [0.1, 0.15) is 17.5 Å². The molecule has 2 heterocycles. The zero-order valence-electron chi connectivity index (χ0n) is 21.1. The molecule has 36 heavy (non-hydrogen) atoms. The molecule has 0 bridgehead atoms. The molecule has 4 rings (SSSR count). The van der Waals surface area contributed by atoms with Crippen LogP contribution in [0.25, 0.3) is 0 Å². The van der Waals surface area contributed by atoms with Gasteiger partial charge in [0.2, 0.25) is 5.91 Å². The van der Waals surface area contributed by atoms with Crippen LogP contribution in [0.1, 0.15) is 26.2 Å². The summed E-state index contributed by atoms with van der Waals surface area (Å²) in [6.45, 7) is 5.74. The number of ether oxygens (including phenoxy) is 2. The van der Waals surface area contributed by atoms with Gasteiger partial charge in [-0.05, 0) is 80.5 Å². The number of nitrogens with one attached hydrogen (secondary N) is 1. The summed E-state index contributed by atoms with van der Waals surface area (Å²) < 4.78 is 10.5. The normalized spacial score (nSPS) is 19.0. The van der Waals surface area contributed by atoms with E-state index in [9.17, 15) is 9.59 Å². The van der Waals surface area contributed by atoms with Crippen LogP contribution in [0.4, 0.5) is 11.4 Å². The summed E-state index contributed by atoms with van der Waals surface area (Å²) in [5.74, 6) is 1.64. The van der Waals surface area contributed by atoms with Crippen LogP contribution >= 0.6 is 12.2 Å². The average Bonchev–Trinajstić information content (AvgIpc) is 3.12. The molecule has 2 saturated heterocycles. The Balaban J connectivity index is 1.51. The Labute approximate surface area is 218 Å². The molecule has 2 aliphatic heterocycles. The van der Waals surface area contributed by atoms with Crippen molar-refractivity contribution in [2.45, 2.75) is 32.2 Å². The van der Waals surface area contributed by atoms with E-state index in [4.69, 9.17) is 21.7 Å². The summed E-state index contributed by atoms with van der Waals surface area (Å²) in [5, 5.41) is 3.31. The number of carbonyl (C=O) groups is 2. The standard InChI is InChI=1S/C27H34N4O4S/c1-19-11-13-29(14-12-19)15-16-30-24(18-25(32)28-20-7-9-22(34-2)10-8-20)26(33)31(27(30)36)21-5-4-6-23(17-21)35-3/h4-10,17,19,24H,11-16,18H2,1-3H3,(H,28,32). The lowest BCUT2D eigenvalue weighted by molar-refractivity contribution is -0.124. The van der Waals surface area contributed by atoms with Gasteiger partial charge in [-0.15, -0.1) is 0 Å². The first-order valence-corrected chi connectivity index (χ1v) is 12.7. The fourth-order valence-corrected chi connectivity index (χ4v) is 5.09. The lowest BCUT2D eigenvalue weighted by Crippen LogP contribution is -2.44. The Bertz CT molecular complexity index is 1090. The lowest BCUT2D eigenvalue weighted by atomic mass is 9.99. The molecule has 0 aromatic heterocycles. The number of piperidine rings is 1. The van der Waals surface area contributed by atoms with E-state index in [1.165, 1.54) is 17.7 Å². The van der Waals surface area contributed by atoms with Crippen molar-refractivity contribution in [3.05, 3.63) is 48.5 Å². The van der Waals surface area contributed by atoms with Crippen molar-refractivity contribution in [2.24, 2.45) is 5.92 Å². The molecule has 1 N–H and O–H groups in total. The Morgan fingerprint density at radius 3 is 2.39 bits per heavy atom. The van der Waals surface area contributed by atoms with Gasteiger partial charge in [0.05, 0.1) is 26.3 Å². The van der Waals surface area contributed by atoms with Crippen molar-refractivity contribution in [2.75, 3.05) is 50.6 Å². The predicted octanol–water partition coefficient (Wildman–Crippen LogP) is 3.77. The summed E-state index contributed by atoms with van der Waals surface area (Å²) in [7, 11) is 3.18. The Morgan fingerprint density at radius 2 is 1.72 bits per heavy atom. The van der Waals surface area contributed by atoms with Crippen molar-refractivity contribution in [3.63, 3.8) is 0 Å². The number of anilines is 2. The summed E-state index contributed by atoms with van der Waals surface area (Å²) in [6.07, 6.45) is 2.35. The summed E-state index contributed by atoms with van der Waals surface area (Å²) in [6, 6.07) is 13.7. The molecule has 2 aromatic carbocycles. The van der Waals surface area contributed by atoms with Gasteiger partial charge in [-0.1, -0.05) is 13.0 Å². The maximum absolute atomic E-state index is 13.6. The van der Waals surface area contributed by atoms with E-state index in [1.807, 2.05) is 23.1 Å². The molecule has 0 saturated carbocycles. The van der Waals surface area contributed by atoms with Gasteiger partial charge in [-0.2, -0.15) is 0 Å². The van der Waals surface area contributed by atoms with E-state index in [-0.39, 0.29) is 18.2 Å². The molecule has 1 unspecified atom stereocenters. The third-order valence-electron chi connectivity index (χ3n) is 6.92. The minimum absolute atomic E-state index is 0.00249. The van der Waals surface area contributed by atoms with Gasteiger partial charge in [-0.25, -0.2) is 0 Å². The Hall–Kier alpha value is -3.17. The molecule has 8 nitrogen and oxygen atoms in total. The minimum atomic E-state index is -0.675. The average molecular weight is 511 g/mol. The first kappa shape index (κ1) is 25.9. The molecule has 0 aliphatic carbocycles. The van der Waals surface area contributed by atoms with Crippen LogP contribution in [0.5, 0.6) is 11.5 Å². The van der Waals surface area contributed by atoms with Crippen molar-refractivity contribution in [1.29, 1.82) is 0 Å². The van der Waals surface area contributed by atoms with Gasteiger partial charge in [0.15, 0.2) is 5.11 Å². The quantitative estimate of drug-likeness (QED) is 0.515. The highest BCUT2D eigenvalue weighted by molar-refractivity contribution is 7.80. The van der Waals surface area contributed by atoms with E-state index in [0.29, 0.717) is 34.5 Å². The third kappa shape index (κ3) is 5.96. The van der Waals surface area contributed by atoms with Crippen LogP contribution in [0.3, 0.4) is 0 Å². The molecule has 1 atom stereocenters. The van der Waals surface area contributed by atoms with E-state index in [0.717, 1.165) is 25.6 Å². The number of nitrogens with zero attached hydrogens (tertiary/aromatic N) is 3. The molecule has 192 valence electrons. The highest BCUT2D eigenvalue weighted by Gasteiger charge is 2.44. The van der Waals surface area contributed by atoms with Crippen molar-refractivity contribution >= 4 is 40.5 Å². The SMILES string of the molecule is COc1ccc(NC(=O)CC2C(=O)N(c3cccc(OC)c3)C(=S)N2CCN2CCC(C)CC2)cc1. The number of benzene rings is 2. The monoisotopic (exact) mass is 510 g/mol. The van der Waals surface area contributed by atoms with Crippen LogP contribution < -0.4 is 19.7 Å². The topological polar surface area (TPSA) is 74.3 Å². The number of thiocarbonyl (C=S) groups is 1. The maximum atomic E-state index is 13.6. The van der Waals surface area contributed by atoms with E-state index in [2.05, 4.69) is 17.1 Å². The van der Waals surface area contributed by atoms with E-state index >= 15 is 0 Å². The highest BCUT2D eigenvalue weighted by Crippen LogP contribution is 2.30. The number of likely N-dealkylation sites (tertiary alicyclic amines) is 1. The predicted molar refractivity (Wildman–Crippen MR) is 145 cm³/mol. The van der Waals surface area contributed by atoms with Crippen molar-refractivity contribution < 1.29 is 19.1 Å². The molecule has 2 fully saturated rings. The fourth-order valence-electron chi connectivity index (χ4n) is 4.67. The zero-order valence-corrected chi connectivity index (χ0v) is 21.9. The number of rotatable bonds is 9. The number of hydrogen-bond acceptors (Lipinski definition) is 6. The number of hydrogen-bond donors (Lipinski definition) is 1. The molecule has 2 aromatic rings. The van der Waals surface area contributed by atoms with Crippen LogP contribution in [0, 0.1) is 5.92 Å².